The molecule has 0 saturated heterocycles. The number of amides is 1. The lowest BCUT2D eigenvalue weighted by Gasteiger charge is -2.29. The summed E-state index contributed by atoms with van der Waals surface area (Å²) in [4.78, 5) is 13.0. The number of nitrogens with zero attached hydrogens (tertiary/aromatic N) is 4. The molecule has 1 aliphatic rings. The summed E-state index contributed by atoms with van der Waals surface area (Å²) in [5.74, 6) is -0.991. The van der Waals surface area contributed by atoms with E-state index in [2.05, 4.69) is 10.2 Å². The van der Waals surface area contributed by atoms with Crippen LogP contribution in [0.5, 0.6) is 5.75 Å². The molecule has 0 unspecified atom stereocenters. The molecule has 1 aliphatic heterocycles. The zero-order chi connectivity index (χ0) is 19.7. The van der Waals surface area contributed by atoms with Gasteiger partial charge in [0.15, 0.2) is 17.4 Å². The number of hydrogen-bond donors (Lipinski definition) is 0. The van der Waals surface area contributed by atoms with E-state index in [1.165, 1.54) is 22.8 Å². The zero-order valence-corrected chi connectivity index (χ0v) is 15.9. The van der Waals surface area contributed by atoms with Gasteiger partial charge in [-0.3, -0.25) is 4.79 Å². The Bertz CT molecular complexity index is 1050. The van der Waals surface area contributed by atoms with Crippen LogP contribution in [0.15, 0.2) is 47.6 Å². The first-order valence-electron chi connectivity index (χ1n) is 8.26. The van der Waals surface area contributed by atoms with Crippen molar-refractivity contribution in [1.29, 1.82) is 0 Å². The number of aromatic nitrogens is 3. The van der Waals surface area contributed by atoms with Crippen molar-refractivity contribution in [3.8, 4) is 5.75 Å². The molecule has 0 fully saturated rings. The molecule has 28 heavy (non-hydrogen) atoms. The van der Waals surface area contributed by atoms with Crippen molar-refractivity contribution < 1.29 is 18.3 Å². The molecule has 6 nitrogen and oxygen atoms in total. The van der Waals surface area contributed by atoms with Gasteiger partial charge in [-0.2, -0.15) is 0 Å². The molecule has 4 rings (SSSR count). The highest BCUT2D eigenvalue weighted by molar-refractivity contribution is 7.99. The largest absolute Gasteiger partial charge is 0.482 e. The van der Waals surface area contributed by atoms with E-state index in [0.717, 1.165) is 12.1 Å². The van der Waals surface area contributed by atoms with Gasteiger partial charge in [0, 0.05) is 11.8 Å². The molecular weight excluding hydrogens is 410 g/mol. The quantitative estimate of drug-likeness (QED) is 0.642. The Labute approximate surface area is 168 Å². The van der Waals surface area contributed by atoms with Crippen LogP contribution in [0.3, 0.4) is 0 Å². The van der Waals surface area contributed by atoms with Crippen LogP contribution in [0.25, 0.3) is 0 Å². The molecule has 0 radical (unpaired) electrons. The number of ether oxygens (including phenoxy) is 1. The third-order valence-electron chi connectivity index (χ3n) is 4.04. The van der Waals surface area contributed by atoms with Crippen molar-refractivity contribution >= 4 is 29.3 Å². The van der Waals surface area contributed by atoms with Gasteiger partial charge in [0.1, 0.15) is 12.4 Å². The fourth-order valence-electron chi connectivity index (χ4n) is 2.74. The van der Waals surface area contributed by atoms with Crippen LogP contribution in [0.1, 0.15) is 16.2 Å². The number of hydrogen-bond acceptors (Lipinski definition) is 5. The Morgan fingerprint density at radius 1 is 1.21 bits per heavy atom. The van der Waals surface area contributed by atoms with E-state index in [-0.39, 0.29) is 18.3 Å². The van der Waals surface area contributed by atoms with Gasteiger partial charge < -0.3 is 4.74 Å². The van der Waals surface area contributed by atoms with E-state index in [1.807, 2.05) is 0 Å². The van der Waals surface area contributed by atoms with Crippen LogP contribution >= 0.6 is 23.4 Å². The molecule has 1 aromatic heterocycles. The second-order valence-electron chi connectivity index (χ2n) is 5.83. The maximum atomic E-state index is 13.8. The van der Waals surface area contributed by atoms with E-state index in [0.29, 0.717) is 33.9 Å². The fraction of sp³-hybridized carbons (Fsp3) is 0.167. The van der Waals surface area contributed by atoms with Gasteiger partial charge in [0.05, 0.1) is 17.1 Å². The highest BCUT2D eigenvalue weighted by Crippen LogP contribution is 2.26. The van der Waals surface area contributed by atoms with Crippen LogP contribution in [0.2, 0.25) is 5.02 Å². The second kappa shape index (κ2) is 7.76. The minimum atomic E-state index is -0.822. The Balaban J connectivity index is 1.61. The van der Waals surface area contributed by atoms with Gasteiger partial charge in [-0.15, -0.1) is 10.2 Å². The summed E-state index contributed by atoms with van der Waals surface area (Å²) >= 11 is 7.60. The topological polar surface area (TPSA) is 60.3 Å². The minimum Gasteiger partial charge on any atom is -0.482 e. The second-order valence-corrected chi connectivity index (χ2v) is 7.30. The van der Waals surface area contributed by atoms with Crippen LogP contribution in [-0.2, 0) is 6.61 Å². The maximum absolute atomic E-state index is 13.8. The molecule has 2 aromatic carbocycles. The van der Waals surface area contributed by atoms with E-state index < -0.39 is 11.6 Å². The van der Waals surface area contributed by atoms with Gasteiger partial charge >= 0.3 is 0 Å². The number of fused-ring (bicyclic) bond motifs is 1. The molecule has 3 aromatic rings. The lowest BCUT2D eigenvalue weighted by Crippen LogP contribution is -2.45. The van der Waals surface area contributed by atoms with Gasteiger partial charge in [-0.05, 0) is 24.3 Å². The summed E-state index contributed by atoms with van der Waals surface area (Å²) in [7, 11) is 0. The van der Waals surface area contributed by atoms with E-state index >= 15 is 0 Å². The van der Waals surface area contributed by atoms with Gasteiger partial charge in [-0.1, -0.05) is 35.5 Å². The molecule has 0 atom stereocenters. The standard InChI is InChI=1S/C18H13ClF2N4O2S/c19-13-4-2-1-3-12(13)17(26)24-7-8-28-18-23-22-16(25(18)24)10-27-15-6-5-11(20)9-14(15)21/h1-6,9H,7-8,10H2. The summed E-state index contributed by atoms with van der Waals surface area (Å²) in [6.07, 6.45) is 0. The zero-order valence-electron chi connectivity index (χ0n) is 14.3. The van der Waals surface area contributed by atoms with Crippen molar-refractivity contribution in [1.82, 2.24) is 14.9 Å². The van der Waals surface area contributed by atoms with Crippen LogP contribution in [0.4, 0.5) is 8.78 Å². The van der Waals surface area contributed by atoms with E-state index in [9.17, 15) is 13.6 Å². The van der Waals surface area contributed by atoms with Crippen LogP contribution in [-0.4, -0.2) is 33.1 Å². The summed E-state index contributed by atoms with van der Waals surface area (Å²) in [5, 5.41) is 10.5. The molecule has 10 heteroatoms. The Kier molecular flexibility index (Phi) is 5.19. The predicted molar refractivity (Wildman–Crippen MR) is 100 cm³/mol. The van der Waals surface area contributed by atoms with E-state index in [1.54, 1.807) is 28.9 Å². The number of carbonyl (C=O) groups excluding carboxylic acids is 1. The first kappa shape index (κ1) is 18.7. The number of benzene rings is 2. The predicted octanol–water partition coefficient (Wildman–Crippen LogP) is 3.67. The SMILES string of the molecule is O=C(c1ccccc1Cl)N1CCSc2nnc(COc3ccc(F)cc3F)n21. The average Bonchev–Trinajstić information content (AvgIpc) is 3.10. The lowest BCUT2D eigenvalue weighted by molar-refractivity contribution is 0.0952. The van der Waals surface area contributed by atoms with E-state index in [4.69, 9.17) is 16.3 Å². The smallest absolute Gasteiger partial charge is 0.274 e. The molecule has 1 amide bonds. The van der Waals surface area contributed by atoms with Crippen molar-refractivity contribution in [2.24, 2.45) is 0 Å². The average molecular weight is 423 g/mol. The molecular formula is C18H13ClF2N4O2S. The molecule has 0 spiro atoms. The third-order valence-corrected chi connectivity index (χ3v) is 5.27. The monoisotopic (exact) mass is 422 g/mol. The van der Waals surface area contributed by atoms with Crippen molar-refractivity contribution in [3.63, 3.8) is 0 Å². The lowest BCUT2D eigenvalue weighted by atomic mass is 10.2. The van der Waals surface area contributed by atoms with Gasteiger partial charge in [-0.25, -0.2) is 18.5 Å². The number of halogens is 3. The van der Waals surface area contributed by atoms with Crippen LogP contribution < -0.4 is 9.75 Å². The molecule has 2 heterocycles. The fourth-order valence-corrected chi connectivity index (χ4v) is 3.83. The molecule has 0 bridgehead atoms. The highest BCUT2D eigenvalue weighted by atomic mass is 35.5. The first-order valence-corrected chi connectivity index (χ1v) is 9.62. The Morgan fingerprint density at radius 2 is 2.04 bits per heavy atom. The summed E-state index contributed by atoms with van der Waals surface area (Å²) in [6, 6.07) is 9.78. The molecule has 0 saturated carbocycles. The third kappa shape index (κ3) is 3.55. The Morgan fingerprint density at radius 3 is 2.82 bits per heavy atom. The normalized spacial score (nSPS) is 13.3. The van der Waals surface area contributed by atoms with Crippen molar-refractivity contribution in [3.05, 3.63) is 70.5 Å². The molecule has 0 N–H and O–H groups in total. The highest BCUT2D eigenvalue weighted by Gasteiger charge is 2.29. The maximum Gasteiger partial charge on any atom is 0.274 e. The minimum absolute atomic E-state index is 0.119. The number of carbonyl (C=O) groups is 1. The van der Waals surface area contributed by atoms with Gasteiger partial charge in [0.2, 0.25) is 5.16 Å². The van der Waals surface area contributed by atoms with Gasteiger partial charge in [0.25, 0.3) is 5.91 Å². The van der Waals surface area contributed by atoms with Crippen LogP contribution in [0, 0.1) is 11.6 Å². The summed E-state index contributed by atoms with van der Waals surface area (Å²) in [5.41, 5.74) is 0.354. The molecule has 144 valence electrons. The summed E-state index contributed by atoms with van der Waals surface area (Å²) < 4.78 is 33.8. The number of rotatable bonds is 4. The number of thioether (sulfide) groups is 1. The van der Waals surface area contributed by atoms with Crippen molar-refractivity contribution in [2.75, 3.05) is 17.3 Å². The van der Waals surface area contributed by atoms with Crippen molar-refractivity contribution in [2.45, 2.75) is 11.8 Å². The summed E-state index contributed by atoms with van der Waals surface area (Å²) in [6.45, 7) is 0.264. The molecule has 0 aliphatic carbocycles. The Hall–Kier alpha value is -2.65. The first-order chi connectivity index (χ1) is 13.5.